The van der Waals surface area contributed by atoms with Crippen LogP contribution in [0.3, 0.4) is 0 Å². The Balaban J connectivity index is 0.000000363. The minimum atomic E-state index is -1.83. The molecule has 2 aromatic rings. The molecule has 0 aliphatic heterocycles. The van der Waals surface area contributed by atoms with Crippen molar-refractivity contribution in [2.45, 2.75) is 0 Å². The number of nitrogens with zero attached hydrogens (tertiary/aromatic N) is 4. The highest BCUT2D eigenvalue weighted by Gasteiger charge is 1.94. The second kappa shape index (κ2) is 10.5. The number of carboxylic acid groups (broad SMARTS) is 2. The molecule has 132 valence electrons. The Bertz CT molecular complexity index is 581. The van der Waals surface area contributed by atoms with E-state index in [1.165, 1.54) is 0 Å². The summed E-state index contributed by atoms with van der Waals surface area (Å²) in [7, 11) is 7.87. The van der Waals surface area contributed by atoms with Crippen LogP contribution in [0.15, 0.2) is 36.7 Å². The largest absolute Gasteiger partial charge is 0.503 e. The number of nitrogen functional groups attached to an aromatic ring is 2. The highest BCUT2D eigenvalue weighted by molar-refractivity contribution is 5.53. The molecule has 6 N–H and O–H groups in total. The fraction of sp³-hybridized carbons (Fsp3) is 0.267. The number of nitrogens with two attached hydrogens (primary N) is 2. The number of pyridine rings is 2. The van der Waals surface area contributed by atoms with Crippen LogP contribution in [0.2, 0.25) is 0 Å². The van der Waals surface area contributed by atoms with Crippen molar-refractivity contribution in [1.29, 1.82) is 0 Å². The standard InChI is InChI=1S/2C7H11N3.CH2O3/c2*1-10(2)6-3-4-9-7(8)5-6;2-1(3)4/h2*3-5H,1-2H3,(H2,8,9);(H2,2,3,4). The Morgan fingerprint density at radius 1 is 0.875 bits per heavy atom. The first kappa shape index (κ1) is 20.8. The first-order valence-corrected chi connectivity index (χ1v) is 6.83. The van der Waals surface area contributed by atoms with Gasteiger partial charge in [-0.1, -0.05) is 0 Å². The predicted molar refractivity (Wildman–Crippen MR) is 96.6 cm³/mol. The Hall–Kier alpha value is -3.23. The average molecular weight is 336 g/mol. The molecule has 24 heavy (non-hydrogen) atoms. The molecule has 0 saturated heterocycles. The molecule has 0 saturated carbocycles. The topological polar surface area (TPSA) is 142 Å². The second-order valence-electron chi connectivity index (χ2n) is 4.95. The molecule has 2 heterocycles. The number of aromatic nitrogens is 2. The van der Waals surface area contributed by atoms with E-state index in [4.69, 9.17) is 26.5 Å². The second-order valence-corrected chi connectivity index (χ2v) is 4.95. The van der Waals surface area contributed by atoms with Crippen molar-refractivity contribution in [3.63, 3.8) is 0 Å². The summed E-state index contributed by atoms with van der Waals surface area (Å²) in [5, 5.41) is 13.9. The summed E-state index contributed by atoms with van der Waals surface area (Å²) in [5.74, 6) is 1.12. The molecule has 0 atom stereocenters. The lowest BCUT2D eigenvalue weighted by molar-refractivity contribution is 0.137. The van der Waals surface area contributed by atoms with Gasteiger partial charge in [0.15, 0.2) is 0 Å². The van der Waals surface area contributed by atoms with Crippen LogP contribution in [0.1, 0.15) is 0 Å². The van der Waals surface area contributed by atoms with E-state index in [0.29, 0.717) is 11.6 Å². The van der Waals surface area contributed by atoms with E-state index < -0.39 is 6.16 Å². The Morgan fingerprint density at radius 2 is 1.17 bits per heavy atom. The molecule has 0 bridgehead atoms. The lowest BCUT2D eigenvalue weighted by Gasteiger charge is -2.11. The maximum atomic E-state index is 8.56. The van der Waals surface area contributed by atoms with Crippen molar-refractivity contribution in [2.75, 3.05) is 49.5 Å². The van der Waals surface area contributed by atoms with Crippen LogP contribution in [-0.2, 0) is 0 Å². The first-order valence-electron chi connectivity index (χ1n) is 6.83. The molecule has 9 nitrogen and oxygen atoms in total. The SMILES string of the molecule is CN(C)c1ccnc(N)c1.CN(C)c1ccnc(N)c1.O=C(O)O. The molecule has 0 aromatic carbocycles. The fourth-order valence-electron chi connectivity index (χ4n) is 1.43. The van der Waals surface area contributed by atoms with E-state index in [0.717, 1.165) is 11.4 Å². The van der Waals surface area contributed by atoms with E-state index >= 15 is 0 Å². The molecule has 0 unspecified atom stereocenters. The predicted octanol–water partition coefficient (Wildman–Crippen LogP) is 1.68. The smallest absolute Gasteiger partial charge is 0.450 e. The van der Waals surface area contributed by atoms with Crippen LogP contribution < -0.4 is 21.3 Å². The molecule has 0 amide bonds. The van der Waals surface area contributed by atoms with Gasteiger partial charge in [-0.3, -0.25) is 0 Å². The highest BCUT2D eigenvalue weighted by atomic mass is 16.6. The number of anilines is 4. The van der Waals surface area contributed by atoms with Gasteiger partial charge in [-0.15, -0.1) is 0 Å². The number of hydrogen-bond donors (Lipinski definition) is 4. The van der Waals surface area contributed by atoms with Crippen molar-refractivity contribution >= 4 is 29.2 Å². The molecule has 2 rings (SSSR count). The van der Waals surface area contributed by atoms with E-state index in [2.05, 4.69) is 9.97 Å². The monoisotopic (exact) mass is 336 g/mol. The lowest BCUT2D eigenvalue weighted by atomic mass is 10.4. The molecular weight excluding hydrogens is 312 g/mol. The normalized spacial score (nSPS) is 8.83. The number of carbonyl (C=O) groups is 1. The highest BCUT2D eigenvalue weighted by Crippen LogP contribution is 2.11. The van der Waals surface area contributed by atoms with Crippen molar-refractivity contribution in [2.24, 2.45) is 0 Å². The Kier molecular flexibility index (Phi) is 9.08. The summed E-state index contributed by atoms with van der Waals surface area (Å²) < 4.78 is 0. The van der Waals surface area contributed by atoms with E-state index in [1.807, 2.05) is 62.3 Å². The molecule has 2 aromatic heterocycles. The molecule has 9 heteroatoms. The van der Waals surface area contributed by atoms with Crippen molar-refractivity contribution in [1.82, 2.24) is 9.97 Å². The summed E-state index contributed by atoms with van der Waals surface area (Å²) in [6.45, 7) is 0. The zero-order chi connectivity index (χ0) is 18.7. The summed E-state index contributed by atoms with van der Waals surface area (Å²) in [5.41, 5.74) is 13.1. The van der Waals surface area contributed by atoms with Gasteiger partial charge in [-0.25, -0.2) is 14.8 Å². The van der Waals surface area contributed by atoms with E-state index in [1.54, 1.807) is 12.4 Å². The van der Waals surface area contributed by atoms with Gasteiger partial charge in [-0.05, 0) is 12.1 Å². The fourth-order valence-corrected chi connectivity index (χ4v) is 1.43. The Morgan fingerprint density at radius 3 is 1.33 bits per heavy atom. The van der Waals surface area contributed by atoms with Gasteiger partial charge in [0.05, 0.1) is 0 Å². The summed E-state index contributed by atoms with van der Waals surface area (Å²) in [6.07, 6.45) is 1.56. The van der Waals surface area contributed by atoms with Crippen LogP contribution in [-0.4, -0.2) is 54.5 Å². The molecule has 0 fully saturated rings. The number of rotatable bonds is 2. The summed E-state index contributed by atoms with van der Waals surface area (Å²) in [6, 6.07) is 7.49. The molecular formula is C15H24N6O3. The third-order valence-electron chi connectivity index (χ3n) is 2.56. The molecule has 0 radical (unpaired) electrons. The minimum absolute atomic E-state index is 0.561. The van der Waals surface area contributed by atoms with Gasteiger partial charge in [0.25, 0.3) is 0 Å². The summed E-state index contributed by atoms with van der Waals surface area (Å²) in [4.78, 5) is 20.3. The maximum Gasteiger partial charge on any atom is 0.503 e. The molecule has 0 spiro atoms. The van der Waals surface area contributed by atoms with Crippen molar-refractivity contribution in [3.8, 4) is 0 Å². The van der Waals surface area contributed by atoms with E-state index in [9.17, 15) is 0 Å². The van der Waals surface area contributed by atoms with Gasteiger partial charge >= 0.3 is 6.16 Å². The van der Waals surface area contributed by atoms with E-state index in [-0.39, 0.29) is 0 Å². The third kappa shape index (κ3) is 9.66. The quantitative estimate of drug-likeness (QED) is 0.644. The van der Waals surface area contributed by atoms with Gasteiger partial charge in [0.1, 0.15) is 11.6 Å². The molecule has 0 aliphatic rings. The lowest BCUT2D eigenvalue weighted by Crippen LogP contribution is -2.08. The van der Waals surface area contributed by atoms with Crippen LogP contribution >= 0.6 is 0 Å². The zero-order valence-corrected chi connectivity index (χ0v) is 14.2. The van der Waals surface area contributed by atoms with Crippen molar-refractivity contribution < 1.29 is 15.0 Å². The first-order chi connectivity index (χ1) is 11.1. The van der Waals surface area contributed by atoms with Crippen LogP contribution in [0.4, 0.5) is 27.8 Å². The zero-order valence-electron chi connectivity index (χ0n) is 14.2. The van der Waals surface area contributed by atoms with Gasteiger partial charge in [0.2, 0.25) is 0 Å². The van der Waals surface area contributed by atoms with Gasteiger partial charge in [-0.2, -0.15) is 0 Å². The van der Waals surface area contributed by atoms with Crippen LogP contribution in [0, 0.1) is 0 Å². The molecule has 0 aliphatic carbocycles. The Labute approximate surface area is 141 Å². The number of hydrogen-bond acceptors (Lipinski definition) is 7. The maximum absolute atomic E-state index is 8.56. The minimum Gasteiger partial charge on any atom is -0.450 e. The average Bonchev–Trinajstić information content (AvgIpc) is 2.47. The summed E-state index contributed by atoms with van der Waals surface area (Å²) >= 11 is 0. The van der Waals surface area contributed by atoms with Crippen LogP contribution in [0.25, 0.3) is 0 Å². The van der Waals surface area contributed by atoms with Crippen molar-refractivity contribution in [3.05, 3.63) is 36.7 Å². The third-order valence-corrected chi connectivity index (χ3v) is 2.56. The van der Waals surface area contributed by atoms with Crippen LogP contribution in [0.5, 0.6) is 0 Å². The van der Waals surface area contributed by atoms with Gasteiger partial charge in [0, 0.05) is 64.1 Å². The van der Waals surface area contributed by atoms with Gasteiger partial charge < -0.3 is 31.5 Å².